The average Bonchev–Trinajstić information content (AvgIpc) is 2.21. The number of rotatable bonds is 5. The van der Waals surface area contributed by atoms with E-state index in [9.17, 15) is 44.3 Å². The molecule has 0 heterocycles. The van der Waals surface area contributed by atoms with Crippen molar-refractivity contribution in [2.45, 2.75) is 24.5 Å². The Bertz CT molecular complexity index is 467. The number of esters is 2. The fraction of sp³-hybridized carbons (Fsp3) is 0.714. The van der Waals surface area contributed by atoms with Crippen molar-refractivity contribution in [1.29, 1.82) is 0 Å². The number of sulfonamides is 1. The maximum Gasteiger partial charge on any atom is 0.511 e. The van der Waals surface area contributed by atoms with E-state index in [2.05, 4.69) is 4.74 Å². The molecule has 0 rings (SSSR count). The van der Waals surface area contributed by atoms with Crippen LogP contribution < -0.4 is 4.72 Å². The summed E-state index contributed by atoms with van der Waals surface area (Å²) in [5.41, 5.74) is -5.54. The van der Waals surface area contributed by atoms with Crippen molar-refractivity contribution < 1.29 is 49.1 Å². The first kappa shape index (κ1) is 18.6. The fourth-order valence-corrected chi connectivity index (χ4v) is 1.31. The van der Waals surface area contributed by atoms with Gasteiger partial charge in [-0.3, -0.25) is 4.79 Å². The van der Waals surface area contributed by atoms with Gasteiger partial charge in [-0.15, -0.1) is 0 Å². The molecule has 0 aliphatic rings. The van der Waals surface area contributed by atoms with Gasteiger partial charge < -0.3 is 4.74 Å². The third kappa shape index (κ3) is 6.18. The molecule has 0 aliphatic heterocycles. The topological polar surface area (TPSA) is 89.5 Å². The highest BCUT2D eigenvalue weighted by Gasteiger charge is 2.45. The van der Waals surface area contributed by atoms with E-state index in [0.29, 0.717) is 0 Å². The van der Waals surface area contributed by atoms with Gasteiger partial charge in [0, 0.05) is 13.0 Å². The Morgan fingerprint density at radius 3 is 1.95 bits per heavy atom. The predicted molar refractivity (Wildman–Crippen MR) is 49.4 cm³/mol. The molecule has 0 spiro atoms. The zero-order valence-electron chi connectivity index (χ0n) is 9.34. The standard InChI is InChI=1S/C7H7F6NO5S/c8-6(9,10)5(16)19-4(15)2-1-3-14-20(17,18)7(11,12)13/h14H,1-3H2. The molecule has 0 aromatic carbocycles. The molecule has 0 atom stereocenters. The third-order valence-corrected chi connectivity index (χ3v) is 2.79. The van der Waals surface area contributed by atoms with Gasteiger partial charge in [0.1, 0.15) is 0 Å². The van der Waals surface area contributed by atoms with Gasteiger partial charge in [-0.25, -0.2) is 17.9 Å². The number of carbonyl (C=O) groups excluding carboxylic acids is 2. The minimum Gasteiger partial charge on any atom is -0.386 e. The highest BCUT2D eigenvalue weighted by molar-refractivity contribution is 7.90. The molecule has 20 heavy (non-hydrogen) atoms. The number of ether oxygens (including phenoxy) is 1. The second-order valence-corrected chi connectivity index (χ2v) is 4.96. The minimum absolute atomic E-state index is 0.584. The van der Waals surface area contributed by atoms with Gasteiger partial charge in [0.25, 0.3) is 0 Å². The van der Waals surface area contributed by atoms with Gasteiger partial charge >= 0.3 is 33.6 Å². The molecule has 118 valence electrons. The van der Waals surface area contributed by atoms with E-state index in [-0.39, 0.29) is 0 Å². The number of nitrogens with one attached hydrogen (secondary N) is 1. The highest BCUT2D eigenvalue weighted by Crippen LogP contribution is 2.21. The van der Waals surface area contributed by atoms with E-state index < -0.39 is 53.0 Å². The van der Waals surface area contributed by atoms with Crippen LogP contribution in [0.2, 0.25) is 0 Å². The molecule has 6 nitrogen and oxygen atoms in total. The predicted octanol–water partition coefficient (Wildman–Crippen LogP) is 0.838. The van der Waals surface area contributed by atoms with Gasteiger partial charge in [0.2, 0.25) is 0 Å². The van der Waals surface area contributed by atoms with Crippen molar-refractivity contribution in [2.75, 3.05) is 6.54 Å². The van der Waals surface area contributed by atoms with Crippen LogP contribution in [0.15, 0.2) is 0 Å². The lowest BCUT2D eigenvalue weighted by molar-refractivity contribution is -0.201. The van der Waals surface area contributed by atoms with Crippen molar-refractivity contribution >= 4 is 22.0 Å². The second-order valence-electron chi connectivity index (χ2n) is 3.21. The first-order chi connectivity index (χ1) is 8.77. The van der Waals surface area contributed by atoms with Crippen LogP contribution in [0.1, 0.15) is 12.8 Å². The summed E-state index contributed by atoms with van der Waals surface area (Å²) in [6, 6.07) is 0. The molecule has 0 amide bonds. The summed E-state index contributed by atoms with van der Waals surface area (Å²) in [6.45, 7) is -0.864. The molecular formula is C7H7F6NO5S. The third-order valence-electron chi connectivity index (χ3n) is 1.59. The van der Waals surface area contributed by atoms with Crippen LogP contribution in [-0.4, -0.2) is 38.6 Å². The summed E-state index contributed by atoms with van der Waals surface area (Å²) in [5, 5.41) is 0. The normalized spacial score (nSPS) is 13.1. The summed E-state index contributed by atoms with van der Waals surface area (Å²) in [5.74, 6) is -4.41. The molecule has 1 N–H and O–H groups in total. The molecule has 0 fully saturated rings. The zero-order chi connectivity index (χ0) is 16.2. The Morgan fingerprint density at radius 2 is 1.55 bits per heavy atom. The zero-order valence-corrected chi connectivity index (χ0v) is 10.2. The first-order valence-electron chi connectivity index (χ1n) is 4.65. The van der Waals surface area contributed by atoms with Crippen LogP contribution in [0.5, 0.6) is 0 Å². The van der Waals surface area contributed by atoms with Crippen molar-refractivity contribution in [3.05, 3.63) is 0 Å². The van der Waals surface area contributed by atoms with Crippen LogP contribution in [-0.2, 0) is 24.3 Å². The van der Waals surface area contributed by atoms with E-state index in [1.165, 1.54) is 0 Å². The minimum atomic E-state index is -5.59. The van der Waals surface area contributed by atoms with E-state index in [1.54, 1.807) is 0 Å². The summed E-state index contributed by atoms with van der Waals surface area (Å²) in [6.07, 6.45) is -6.84. The monoisotopic (exact) mass is 331 g/mol. The SMILES string of the molecule is O=C(CCCNS(=O)(=O)C(F)(F)F)OC(=O)C(F)(F)F. The average molecular weight is 331 g/mol. The Labute approximate surface area is 108 Å². The lowest BCUT2D eigenvalue weighted by Gasteiger charge is -2.09. The summed E-state index contributed by atoms with van der Waals surface area (Å²) in [7, 11) is -5.59. The quantitative estimate of drug-likeness (QED) is 0.349. The summed E-state index contributed by atoms with van der Waals surface area (Å²) >= 11 is 0. The lowest BCUT2D eigenvalue weighted by atomic mass is 10.3. The number of hydrogen-bond acceptors (Lipinski definition) is 5. The van der Waals surface area contributed by atoms with Crippen molar-refractivity contribution in [3.63, 3.8) is 0 Å². The van der Waals surface area contributed by atoms with E-state index in [1.807, 2.05) is 0 Å². The van der Waals surface area contributed by atoms with E-state index in [0.717, 1.165) is 4.72 Å². The van der Waals surface area contributed by atoms with Crippen LogP contribution in [0.3, 0.4) is 0 Å². The molecule has 0 bridgehead atoms. The molecule has 0 radical (unpaired) electrons. The Balaban J connectivity index is 4.10. The molecule has 0 unspecified atom stereocenters. The summed E-state index contributed by atoms with van der Waals surface area (Å²) < 4.78 is 95.6. The van der Waals surface area contributed by atoms with Crippen LogP contribution >= 0.6 is 0 Å². The van der Waals surface area contributed by atoms with Crippen LogP contribution in [0.4, 0.5) is 26.3 Å². The van der Waals surface area contributed by atoms with Gasteiger partial charge in [0.05, 0.1) is 0 Å². The highest BCUT2D eigenvalue weighted by atomic mass is 32.2. The number of halogens is 6. The van der Waals surface area contributed by atoms with Crippen molar-refractivity contribution in [1.82, 2.24) is 4.72 Å². The molecule has 0 saturated heterocycles. The lowest BCUT2D eigenvalue weighted by Crippen LogP contribution is -2.37. The second kappa shape index (κ2) is 6.39. The van der Waals surface area contributed by atoms with Gasteiger partial charge in [-0.05, 0) is 6.42 Å². The molecule has 0 aromatic rings. The van der Waals surface area contributed by atoms with E-state index >= 15 is 0 Å². The van der Waals surface area contributed by atoms with Crippen LogP contribution in [0, 0.1) is 0 Å². The van der Waals surface area contributed by atoms with Crippen molar-refractivity contribution in [3.8, 4) is 0 Å². The van der Waals surface area contributed by atoms with E-state index in [4.69, 9.17) is 0 Å². The van der Waals surface area contributed by atoms with Crippen LogP contribution in [0.25, 0.3) is 0 Å². The Hall–Kier alpha value is -1.37. The Kier molecular flexibility index (Phi) is 5.95. The maximum atomic E-state index is 11.8. The smallest absolute Gasteiger partial charge is 0.386 e. The molecular weight excluding hydrogens is 324 g/mol. The molecule has 0 aliphatic carbocycles. The number of carbonyl (C=O) groups is 2. The first-order valence-corrected chi connectivity index (χ1v) is 6.13. The fourth-order valence-electron chi connectivity index (χ4n) is 0.733. The van der Waals surface area contributed by atoms with Crippen molar-refractivity contribution in [2.24, 2.45) is 0 Å². The maximum absolute atomic E-state index is 11.8. The van der Waals surface area contributed by atoms with Gasteiger partial charge in [-0.1, -0.05) is 0 Å². The molecule has 0 aromatic heterocycles. The summed E-state index contributed by atoms with van der Waals surface area (Å²) in [4.78, 5) is 20.8. The number of hydrogen-bond donors (Lipinski definition) is 1. The molecule has 0 saturated carbocycles. The van der Waals surface area contributed by atoms with Gasteiger partial charge in [0.15, 0.2) is 0 Å². The molecule has 13 heteroatoms. The van der Waals surface area contributed by atoms with Gasteiger partial charge in [-0.2, -0.15) is 26.3 Å². The Morgan fingerprint density at radius 1 is 1.05 bits per heavy atom. The largest absolute Gasteiger partial charge is 0.511 e. The number of alkyl halides is 6.